The Bertz CT molecular complexity index is 674. The summed E-state index contributed by atoms with van der Waals surface area (Å²) in [6, 6.07) is 5.16. The molecule has 1 fully saturated rings. The molecule has 0 radical (unpaired) electrons. The lowest BCUT2D eigenvalue weighted by atomic mass is 10.2. The SMILES string of the molecule is CN(C(=O)c1ccn(-c2c(F)cccc2F)n1)[C@@H]1CCNC1. The van der Waals surface area contributed by atoms with Crippen LogP contribution in [0.15, 0.2) is 30.5 Å². The molecule has 1 aromatic carbocycles. The largest absolute Gasteiger partial charge is 0.336 e. The van der Waals surface area contributed by atoms with Crippen LogP contribution in [0.2, 0.25) is 0 Å². The summed E-state index contributed by atoms with van der Waals surface area (Å²) in [4.78, 5) is 14.0. The fourth-order valence-corrected chi connectivity index (χ4v) is 2.59. The predicted octanol–water partition coefficient (Wildman–Crippen LogP) is 1.58. The monoisotopic (exact) mass is 306 g/mol. The number of carbonyl (C=O) groups is 1. The molecule has 2 heterocycles. The van der Waals surface area contributed by atoms with Gasteiger partial charge in [0.25, 0.3) is 5.91 Å². The number of likely N-dealkylation sites (N-methyl/N-ethyl adjacent to an activating group) is 1. The van der Waals surface area contributed by atoms with E-state index in [2.05, 4.69) is 10.4 Å². The topological polar surface area (TPSA) is 50.2 Å². The standard InChI is InChI=1S/C15H16F2N4O/c1-20(10-5-7-18-9-10)15(22)13-6-8-21(19-13)14-11(16)3-2-4-12(14)17/h2-4,6,8,10,18H,5,7,9H2,1H3/t10-/m1/s1. The van der Waals surface area contributed by atoms with Gasteiger partial charge in [0.15, 0.2) is 17.3 Å². The Hall–Kier alpha value is -2.28. The summed E-state index contributed by atoms with van der Waals surface area (Å²) >= 11 is 0. The maximum absolute atomic E-state index is 13.7. The summed E-state index contributed by atoms with van der Waals surface area (Å²) < 4.78 is 28.5. The third-order valence-electron chi connectivity index (χ3n) is 3.88. The average molecular weight is 306 g/mol. The second-order valence-corrected chi connectivity index (χ2v) is 5.28. The molecule has 0 spiro atoms. The van der Waals surface area contributed by atoms with Crippen LogP contribution >= 0.6 is 0 Å². The summed E-state index contributed by atoms with van der Waals surface area (Å²) in [7, 11) is 1.71. The van der Waals surface area contributed by atoms with Crippen LogP contribution in [0.3, 0.4) is 0 Å². The zero-order valence-electron chi connectivity index (χ0n) is 12.1. The molecular formula is C15H16F2N4O. The minimum absolute atomic E-state index is 0.114. The first-order valence-electron chi connectivity index (χ1n) is 7.06. The van der Waals surface area contributed by atoms with Crippen molar-refractivity contribution in [2.75, 3.05) is 20.1 Å². The van der Waals surface area contributed by atoms with Crippen molar-refractivity contribution in [1.82, 2.24) is 20.0 Å². The molecule has 0 aliphatic carbocycles. The zero-order chi connectivity index (χ0) is 15.7. The number of hydrogen-bond acceptors (Lipinski definition) is 3. The van der Waals surface area contributed by atoms with Gasteiger partial charge < -0.3 is 10.2 Å². The Morgan fingerprint density at radius 3 is 2.73 bits per heavy atom. The number of nitrogens with zero attached hydrogens (tertiary/aromatic N) is 3. The summed E-state index contributed by atoms with van der Waals surface area (Å²) in [5.74, 6) is -1.71. The molecule has 5 nitrogen and oxygen atoms in total. The van der Waals surface area contributed by atoms with Gasteiger partial charge in [-0.2, -0.15) is 5.10 Å². The van der Waals surface area contributed by atoms with Crippen LogP contribution in [0.5, 0.6) is 0 Å². The van der Waals surface area contributed by atoms with Gasteiger partial charge in [0.1, 0.15) is 5.69 Å². The van der Waals surface area contributed by atoms with Gasteiger partial charge in [0.05, 0.1) is 0 Å². The average Bonchev–Trinajstić information content (AvgIpc) is 3.17. The molecule has 0 saturated carbocycles. The fraction of sp³-hybridized carbons (Fsp3) is 0.333. The second kappa shape index (κ2) is 5.84. The lowest BCUT2D eigenvalue weighted by Gasteiger charge is -2.22. The first kappa shape index (κ1) is 14.6. The van der Waals surface area contributed by atoms with Crippen molar-refractivity contribution in [3.05, 3.63) is 47.8 Å². The van der Waals surface area contributed by atoms with Gasteiger partial charge in [0, 0.05) is 25.8 Å². The van der Waals surface area contributed by atoms with Crippen molar-refractivity contribution in [3.8, 4) is 5.69 Å². The fourth-order valence-electron chi connectivity index (χ4n) is 2.59. The van der Waals surface area contributed by atoms with E-state index in [-0.39, 0.29) is 23.3 Å². The highest BCUT2D eigenvalue weighted by Crippen LogP contribution is 2.18. The van der Waals surface area contributed by atoms with E-state index < -0.39 is 11.6 Å². The number of hydrogen-bond donors (Lipinski definition) is 1. The number of rotatable bonds is 3. The smallest absolute Gasteiger partial charge is 0.274 e. The molecule has 2 aromatic rings. The van der Waals surface area contributed by atoms with Crippen molar-refractivity contribution in [1.29, 1.82) is 0 Å². The Balaban J connectivity index is 1.86. The van der Waals surface area contributed by atoms with E-state index in [0.29, 0.717) is 0 Å². The van der Waals surface area contributed by atoms with E-state index in [1.165, 1.54) is 18.3 Å². The molecule has 1 atom stereocenters. The lowest BCUT2D eigenvalue weighted by molar-refractivity contribution is 0.0737. The quantitative estimate of drug-likeness (QED) is 0.937. The van der Waals surface area contributed by atoms with Crippen LogP contribution < -0.4 is 5.32 Å². The van der Waals surface area contributed by atoms with E-state index in [0.717, 1.165) is 36.3 Å². The molecule has 7 heteroatoms. The highest BCUT2D eigenvalue weighted by Gasteiger charge is 2.25. The molecule has 1 aromatic heterocycles. The van der Waals surface area contributed by atoms with Crippen LogP contribution in [0.4, 0.5) is 8.78 Å². The maximum atomic E-state index is 13.7. The van der Waals surface area contributed by atoms with E-state index in [4.69, 9.17) is 0 Å². The minimum Gasteiger partial charge on any atom is -0.336 e. The molecule has 1 aliphatic rings. The molecule has 1 amide bonds. The molecule has 0 unspecified atom stereocenters. The highest BCUT2D eigenvalue weighted by molar-refractivity contribution is 5.92. The van der Waals surface area contributed by atoms with E-state index in [1.807, 2.05) is 0 Å². The van der Waals surface area contributed by atoms with Crippen LogP contribution in [0.25, 0.3) is 5.69 Å². The number of amides is 1. The third kappa shape index (κ3) is 2.59. The second-order valence-electron chi connectivity index (χ2n) is 5.28. The van der Waals surface area contributed by atoms with Crippen LogP contribution in [0, 0.1) is 11.6 Å². The number of carbonyl (C=O) groups excluding carboxylic acids is 1. The number of benzene rings is 1. The number of aromatic nitrogens is 2. The van der Waals surface area contributed by atoms with Crippen molar-refractivity contribution >= 4 is 5.91 Å². The van der Waals surface area contributed by atoms with Crippen LogP contribution in [0.1, 0.15) is 16.9 Å². The summed E-state index contributed by atoms with van der Waals surface area (Å²) in [5, 5.41) is 7.21. The van der Waals surface area contributed by atoms with Crippen LogP contribution in [-0.2, 0) is 0 Å². The maximum Gasteiger partial charge on any atom is 0.274 e. The third-order valence-corrected chi connectivity index (χ3v) is 3.88. The molecule has 1 aliphatic heterocycles. The molecule has 3 rings (SSSR count). The predicted molar refractivity (Wildman–Crippen MR) is 76.8 cm³/mol. The molecule has 0 bridgehead atoms. The molecular weight excluding hydrogens is 290 g/mol. The summed E-state index contributed by atoms with van der Waals surface area (Å²) in [6.07, 6.45) is 2.26. The minimum atomic E-state index is -0.726. The Labute approximate surface area is 126 Å². The summed E-state index contributed by atoms with van der Waals surface area (Å²) in [6.45, 7) is 1.61. The number of halogens is 2. The van der Waals surface area contributed by atoms with E-state index in [9.17, 15) is 13.6 Å². The first-order valence-corrected chi connectivity index (χ1v) is 7.06. The Morgan fingerprint density at radius 2 is 2.09 bits per heavy atom. The number of nitrogens with one attached hydrogen (secondary N) is 1. The molecule has 1 saturated heterocycles. The van der Waals surface area contributed by atoms with Crippen molar-refractivity contribution in [2.45, 2.75) is 12.5 Å². The lowest BCUT2D eigenvalue weighted by Crippen LogP contribution is -2.38. The van der Waals surface area contributed by atoms with Gasteiger partial charge in [-0.3, -0.25) is 4.79 Å². The molecule has 1 N–H and O–H groups in total. The van der Waals surface area contributed by atoms with Crippen molar-refractivity contribution < 1.29 is 13.6 Å². The highest BCUT2D eigenvalue weighted by atomic mass is 19.1. The van der Waals surface area contributed by atoms with Crippen molar-refractivity contribution in [2.24, 2.45) is 0 Å². The van der Waals surface area contributed by atoms with Gasteiger partial charge in [-0.25, -0.2) is 13.5 Å². The Morgan fingerprint density at radius 1 is 1.36 bits per heavy atom. The van der Waals surface area contributed by atoms with Crippen LogP contribution in [-0.4, -0.2) is 46.8 Å². The van der Waals surface area contributed by atoms with E-state index >= 15 is 0 Å². The van der Waals surface area contributed by atoms with Gasteiger partial charge in [0.2, 0.25) is 0 Å². The molecule has 116 valence electrons. The zero-order valence-corrected chi connectivity index (χ0v) is 12.1. The van der Waals surface area contributed by atoms with Gasteiger partial charge in [-0.1, -0.05) is 6.07 Å². The molecule has 22 heavy (non-hydrogen) atoms. The van der Waals surface area contributed by atoms with E-state index in [1.54, 1.807) is 11.9 Å². The van der Waals surface area contributed by atoms with Gasteiger partial charge >= 0.3 is 0 Å². The normalized spacial score (nSPS) is 17.7. The first-order chi connectivity index (χ1) is 10.6. The van der Waals surface area contributed by atoms with Gasteiger partial charge in [-0.05, 0) is 31.2 Å². The van der Waals surface area contributed by atoms with Crippen molar-refractivity contribution in [3.63, 3.8) is 0 Å². The van der Waals surface area contributed by atoms with Gasteiger partial charge in [-0.15, -0.1) is 0 Å². The summed E-state index contributed by atoms with van der Waals surface area (Å²) in [5.41, 5.74) is -0.121. The Kier molecular flexibility index (Phi) is 3.89. The number of para-hydroxylation sites is 1.